The van der Waals surface area contributed by atoms with Crippen molar-refractivity contribution in [1.29, 1.82) is 0 Å². The second-order valence-electron chi connectivity index (χ2n) is 7.66. The van der Waals surface area contributed by atoms with E-state index in [1.165, 1.54) is 11.3 Å². The summed E-state index contributed by atoms with van der Waals surface area (Å²) in [6.07, 6.45) is 9.54. The van der Waals surface area contributed by atoms with Gasteiger partial charge in [-0.25, -0.2) is 9.97 Å². The largest absolute Gasteiger partial charge is 0.454 e. The lowest BCUT2D eigenvalue weighted by Crippen LogP contribution is -2.30. The zero-order valence-corrected chi connectivity index (χ0v) is 20.7. The molecule has 0 unspecified atom stereocenters. The summed E-state index contributed by atoms with van der Waals surface area (Å²) in [7, 11) is 0. The van der Waals surface area contributed by atoms with Crippen molar-refractivity contribution in [2.45, 2.75) is 19.9 Å². The highest BCUT2D eigenvalue weighted by atomic mass is 35.5. The molecule has 1 aliphatic heterocycles. The molecule has 0 fully saturated rings. The third-order valence-corrected chi connectivity index (χ3v) is 6.55. The van der Waals surface area contributed by atoms with Crippen LogP contribution in [0.3, 0.4) is 0 Å². The second kappa shape index (κ2) is 10.5. The number of nitrogens with zero attached hydrogens (tertiary/aromatic N) is 4. The quantitative estimate of drug-likeness (QED) is 0.293. The number of hydrogen-bond donors (Lipinski definition) is 0. The maximum absolute atomic E-state index is 13.3. The van der Waals surface area contributed by atoms with Crippen LogP contribution in [-0.4, -0.2) is 33.8 Å². The summed E-state index contributed by atoms with van der Waals surface area (Å²) >= 11 is 7.70. The summed E-state index contributed by atoms with van der Waals surface area (Å²) in [5.41, 5.74) is 2.71. The van der Waals surface area contributed by atoms with Crippen molar-refractivity contribution in [3.05, 3.63) is 71.3 Å². The summed E-state index contributed by atoms with van der Waals surface area (Å²) < 4.78 is 13.7. The lowest BCUT2D eigenvalue weighted by atomic mass is 10.2. The summed E-state index contributed by atoms with van der Waals surface area (Å²) in [6, 6.07) is 9.37. The van der Waals surface area contributed by atoms with E-state index >= 15 is 0 Å². The number of halogens is 2. The molecule has 176 valence electrons. The number of imidazole rings is 1. The zero-order valence-electron chi connectivity index (χ0n) is 18.3. The van der Waals surface area contributed by atoms with E-state index in [1.807, 2.05) is 48.0 Å². The molecule has 0 saturated carbocycles. The number of hydrogen-bond acceptors (Lipinski definition) is 6. The molecule has 10 heteroatoms. The van der Waals surface area contributed by atoms with E-state index in [4.69, 9.17) is 26.1 Å². The van der Waals surface area contributed by atoms with Crippen LogP contribution in [0.5, 0.6) is 11.5 Å². The van der Waals surface area contributed by atoms with Crippen molar-refractivity contribution in [1.82, 2.24) is 14.5 Å². The van der Waals surface area contributed by atoms with Gasteiger partial charge < -0.3 is 14.0 Å². The van der Waals surface area contributed by atoms with Gasteiger partial charge in [0.25, 0.3) is 5.91 Å². The van der Waals surface area contributed by atoms with E-state index in [2.05, 4.69) is 4.98 Å². The minimum absolute atomic E-state index is 0. The number of carbonyl (C=O) groups excluding carboxylic acids is 1. The van der Waals surface area contributed by atoms with E-state index in [1.54, 1.807) is 29.6 Å². The van der Waals surface area contributed by atoms with Crippen molar-refractivity contribution >= 4 is 62.7 Å². The molecule has 2 aromatic heterocycles. The number of amides is 1. The number of aromatic nitrogens is 3. The number of benzene rings is 2. The Hall–Kier alpha value is -3.07. The highest BCUT2D eigenvalue weighted by molar-refractivity contribution is 7.22. The van der Waals surface area contributed by atoms with Gasteiger partial charge in [0, 0.05) is 36.6 Å². The fourth-order valence-corrected chi connectivity index (χ4v) is 5.11. The Balaban J connectivity index is 0.00000274. The molecule has 0 bridgehead atoms. The molecule has 0 saturated heterocycles. The van der Waals surface area contributed by atoms with Crippen LogP contribution in [-0.2, 0) is 11.3 Å². The van der Waals surface area contributed by atoms with Crippen molar-refractivity contribution in [2.24, 2.45) is 0 Å². The fraction of sp³-hybridized carbons (Fsp3) is 0.208. The zero-order chi connectivity index (χ0) is 22.8. The van der Waals surface area contributed by atoms with Crippen LogP contribution in [0, 0.1) is 6.92 Å². The third-order valence-electron chi connectivity index (χ3n) is 5.31. The molecule has 1 aliphatic rings. The molecular weight excluding hydrogens is 495 g/mol. The molecule has 0 N–H and O–H groups in total. The number of rotatable bonds is 7. The first-order valence-corrected chi connectivity index (χ1v) is 11.7. The highest BCUT2D eigenvalue weighted by Crippen LogP contribution is 2.34. The van der Waals surface area contributed by atoms with Gasteiger partial charge in [-0.3, -0.25) is 9.69 Å². The number of thiazole rings is 1. The van der Waals surface area contributed by atoms with E-state index in [0.717, 1.165) is 34.3 Å². The molecule has 4 aromatic rings. The molecule has 0 radical (unpaired) electrons. The van der Waals surface area contributed by atoms with Gasteiger partial charge in [-0.1, -0.05) is 29.0 Å². The van der Waals surface area contributed by atoms with Gasteiger partial charge in [-0.2, -0.15) is 0 Å². The molecule has 0 aliphatic carbocycles. The van der Waals surface area contributed by atoms with E-state index in [-0.39, 0.29) is 25.1 Å². The van der Waals surface area contributed by atoms with Gasteiger partial charge in [-0.05, 0) is 54.8 Å². The molecule has 34 heavy (non-hydrogen) atoms. The normalized spacial score (nSPS) is 12.3. The number of fused-ring (bicyclic) bond motifs is 2. The standard InChI is InChI=1S/C24H21ClN4O3S.ClH/c1-16-11-18(25)13-21-23(16)27-24(33-21)29(9-2-8-28-10-7-26-14-28)22(30)6-4-17-3-5-19-20(12-17)32-15-31-19;/h3-7,10-14H,2,8-9,15H2,1H3;1H/b6-4+;. The van der Waals surface area contributed by atoms with E-state index < -0.39 is 0 Å². The number of aryl methyl sites for hydroxylation is 2. The minimum Gasteiger partial charge on any atom is -0.454 e. The fourth-order valence-electron chi connectivity index (χ4n) is 3.66. The molecule has 5 rings (SSSR count). The highest BCUT2D eigenvalue weighted by Gasteiger charge is 2.19. The number of carbonyl (C=O) groups is 1. The van der Waals surface area contributed by atoms with Crippen LogP contribution in [0.2, 0.25) is 5.02 Å². The Morgan fingerprint density at radius 3 is 2.94 bits per heavy atom. The lowest BCUT2D eigenvalue weighted by molar-refractivity contribution is -0.114. The molecule has 0 atom stereocenters. The summed E-state index contributed by atoms with van der Waals surface area (Å²) in [6.45, 7) is 3.47. The second-order valence-corrected chi connectivity index (χ2v) is 9.10. The average Bonchev–Trinajstić information content (AvgIpc) is 3.55. The smallest absolute Gasteiger partial charge is 0.252 e. The first-order chi connectivity index (χ1) is 16.1. The molecular formula is C24H22Cl2N4O3S. The Morgan fingerprint density at radius 2 is 2.12 bits per heavy atom. The van der Waals surface area contributed by atoms with Crippen LogP contribution in [0.25, 0.3) is 16.3 Å². The van der Waals surface area contributed by atoms with Crippen LogP contribution >= 0.6 is 35.3 Å². The maximum atomic E-state index is 13.3. The van der Waals surface area contributed by atoms with Gasteiger partial charge in [-0.15, -0.1) is 12.4 Å². The van der Waals surface area contributed by atoms with Gasteiger partial charge in [0.2, 0.25) is 6.79 Å². The van der Waals surface area contributed by atoms with E-state index in [0.29, 0.717) is 28.2 Å². The first kappa shape index (κ1) is 24.1. The molecule has 0 spiro atoms. The number of anilines is 1. The van der Waals surface area contributed by atoms with Gasteiger partial charge in [0.05, 0.1) is 16.5 Å². The van der Waals surface area contributed by atoms with E-state index in [9.17, 15) is 4.79 Å². The molecule has 1 amide bonds. The lowest BCUT2D eigenvalue weighted by Gasteiger charge is -2.18. The van der Waals surface area contributed by atoms with Gasteiger partial charge in [0.15, 0.2) is 16.6 Å². The van der Waals surface area contributed by atoms with Gasteiger partial charge >= 0.3 is 0 Å². The topological polar surface area (TPSA) is 69.5 Å². The van der Waals surface area contributed by atoms with Crippen molar-refractivity contribution < 1.29 is 14.3 Å². The SMILES string of the molecule is Cc1cc(Cl)cc2sc(N(CCCn3ccnc3)C(=O)/C=C/c3ccc4c(c3)OCO4)nc12.Cl. The maximum Gasteiger partial charge on any atom is 0.252 e. The number of ether oxygens (including phenoxy) is 2. The monoisotopic (exact) mass is 516 g/mol. The van der Waals surface area contributed by atoms with Crippen molar-refractivity contribution in [3.8, 4) is 11.5 Å². The van der Waals surface area contributed by atoms with Crippen LogP contribution < -0.4 is 14.4 Å². The summed E-state index contributed by atoms with van der Waals surface area (Å²) in [5, 5.41) is 1.32. The van der Waals surface area contributed by atoms with Gasteiger partial charge in [0.1, 0.15) is 0 Å². The predicted molar refractivity (Wildman–Crippen MR) is 137 cm³/mol. The van der Waals surface area contributed by atoms with Crippen LogP contribution in [0.15, 0.2) is 55.1 Å². The van der Waals surface area contributed by atoms with Crippen molar-refractivity contribution in [2.75, 3.05) is 18.2 Å². The third kappa shape index (κ3) is 5.19. The summed E-state index contributed by atoms with van der Waals surface area (Å²) in [5.74, 6) is 1.25. The minimum atomic E-state index is -0.138. The molecule has 7 nitrogen and oxygen atoms in total. The van der Waals surface area contributed by atoms with Crippen LogP contribution in [0.1, 0.15) is 17.5 Å². The Bertz CT molecular complexity index is 1340. The van der Waals surface area contributed by atoms with Crippen molar-refractivity contribution in [3.63, 3.8) is 0 Å². The predicted octanol–water partition coefficient (Wildman–Crippen LogP) is 5.74. The van der Waals surface area contributed by atoms with Crippen LogP contribution in [0.4, 0.5) is 5.13 Å². The first-order valence-electron chi connectivity index (χ1n) is 10.5. The Labute approximate surface area is 212 Å². The Morgan fingerprint density at radius 1 is 1.26 bits per heavy atom. The molecule has 2 aromatic carbocycles. The Kier molecular flexibility index (Phi) is 7.41. The summed E-state index contributed by atoms with van der Waals surface area (Å²) in [4.78, 5) is 23.8. The average molecular weight is 517 g/mol. The molecule has 3 heterocycles.